The molecular formula is C26H54O9. The highest BCUT2D eigenvalue weighted by Gasteiger charge is 1.96. The van der Waals surface area contributed by atoms with Crippen molar-refractivity contribution in [1.29, 1.82) is 0 Å². The predicted molar refractivity (Wildman–Crippen MR) is 136 cm³/mol. The van der Waals surface area contributed by atoms with Gasteiger partial charge in [-0.05, 0) is 57.8 Å². The van der Waals surface area contributed by atoms with E-state index in [1.165, 1.54) is 6.42 Å². The molecule has 0 bridgehead atoms. The Balaban J connectivity index is 3.00. The van der Waals surface area contributed by atoms with Crippen molar-refractivity contribution < 1.29 is 43.3 Å². The van der Waals surface area contributed by atoms with Crippen LogP contribution in [0.1, 0.15) is 71.1 Å². The molecule has 0 aromatic carbocycles. The first-order valence-electron chi connectivity index (χ1n) is 13.7. The zero-order valence-electron chi connectivity index (χ0n) is 22.4. The largest absolute Gasteiger partial charge is 0.394 e. The van der Waals surface area contributed by atoms with E-state index in [1.807, 2.05) is 0 Å². The monoisotopic (exact) mass is 510 g/mol. The topological polar surface area (TPSA) is 94.1 Å². The van der Waals surface area contributed by atoms with Gasteiger partial charge in [-0.2, -0.15) is 0 Å². The van der Waals surface area contributed by atoms with Gasteiger partial charge < -0.3 is 33.5 Å². The van der Waals surface area contributed by atoms with Crippen LogP contribution in [0.3, 0.4) is 0 Å². The van der Waals surface area contributed by atoms with Crippen molar-refractivity contribution in [3.8, 4) is 0 Å². The van der Waals surface area contributed by atoms with Crippen molar-refractivity contribution in [1.82, 2.24) is 0 Å². The molecule has 9 nitrogen and oxygen atoms in total. The highest BCUT2D eigenvalue weighted by Crippen LogP contribution is 1.99. The van der Waals surface area contributed by atoms with E-state index >= 15 is 0 Å². The number of ether oxygens (including phenoxy) is 6. The second-order valence-corrected chi connectivity index (χ2v) is 8.22. The lowest BCUT2D eigenvalue weighted by Crippen LogP contribution is -2.11. The first-order valence-corrected chi connectivity index (χ1v) is 13.7. The molecule has 1 N–H and O–H groups in total. The fraction of sp³-hybridized carbons (Fsp3) is 1.00. The van der Waals surface area contributed by atoms with E-state index in [4.69, 9.17) is 43.3 Å². The van der Waals surface area contributed by atoms with Crippen LogP contribution in [0.15, 0.2) is 0 Å². The number of hydrogen-bond acceptors (Lipinski definition) is 9. The summed E-state index contributed by atoms with van der Waals surface area (Å²) in [6.45, 7) is 11.5. The van der Waals surface area contributed by atoms with Crippen molar-refractivity contribution in [2.45, 2.75) is 71.1 Å². The van der Waals surface area contributed by atoms with Crippen molar-refractivity contribution in [2.75, 3.05) is 99.1 Å². The molecule has 0 rings (SSSR count). The van der Waals surface area contributed by atoms with E-state index in [1.54, 1.807) is 0 Å². The molecule has 0 saturated carbocycles. The summed E-state index contributed by atoms with van der Waals surface area (Å²) in [6, 6.07) is 0. The summed E-state index contributed by atoms with van der Waals surface area (Å²) in [5, 5.41) is 8.56. The van der Waals surface area contributed by atoms with Gasteiger partial charge in [-0.15, -0.1) is 0 Å². The summed E-state index contributed by atoms with van der Waals surface area (Å²) in [7, 11) is 0. The number of rotatable bonds is 32. The molecule has 0 radical (unpaired) electrons. The second-order valence-electron chi connectivity index (χ2n) is 8.22. The van der Waals surface area contributed by atoms with E-state index < -0.39 is 0 Å². The van der Waals surface area contributed by atoms with E-state index in [-0.39, 0.29) is 6.61 Å². The van der Waals surface area contributed by atoms with Crippen molar-refractivity contribution in [2.24, 2.45) is 0 Å². The third-order valence-corrected chi connectivity index (χ3v) is 4.89. The quantitative estimate of drug-likeness (QED) is 0.0820. The molecule has 0 fully saturated rings. The molecule has 0 aliphatic rings. The highest BCUT2D eigenvalue weighted by molar-refractivity contribution is 4.43. The smallest absolute Gasteiger partial charge is 0.0823 e. The van der Waals surface area contributed by atoms with E-state index in [2.05, 4.69) is 6.92 Å². The predicted octanol–water partition coefficient (Wildman–Crippen LogP) is 3.95. The zero-order chi connectivity index (χ0) is 25.3. The normalized spacial score (nSPS) is 11.5. The summed E-state index contributed by atoms with van der Waals surface area (Å²) in [5.74, 6) is 0. The van der Waals surface area contributed by atoms with Crippen LogP contribution in [0.5, 0.6) is 0 Å². The maximum atomic E-state index is 8.56. The van der Waals surface area contributed by atoms with Crippen LogP contribution in [-0.4, -0.2) is 104 Å². The number of aliphatic hydroxyl groups is 1. The Bertz CT molecular complexity index is 330. The molecule has 0 aromatic rings. The van der Waals surface area contributed by atoms with Gasteiger partial charge in [0, 0.05) is 46.2 Å². The molecule has 0 aliphatic carbocycles. The van der Waals surface area contributed by atoms with E-state index in [9.17, 15) is 0 Å². The molecule has 0 spiro atoms. The fourth-order valence-corrected chi connectivity index (χ4v) is 2.82. The molecule has 35 heavy (non-hydrogen) atoms. The average Bonchev–Trinajstić information content (AvgIpc) is 2.87. The van der Waals surface area contributed by atoms with Gasteiger partial charge in [0.15, 0.2) is 0 Å². The summed E-state index contributed by atoms with van der Waals surface area (Å²) in [5.41, 5.74) is 0. The Morgan fingerprint density at radius 2 is 0.629 bits per heavy atom. The summed E-state index contributed by atoms with van der Waals surface area (Å²) < 4.78 is 32.7. The number of hydrogen-bond donors (Lipinski definition) is 1. The Morgan fingerprint density at radius 1 is 0.343 bits per heavy atom. The third-order valence-electron chi connectivity index (χ3n) is 4.89. The second kappa shape index (κ2) is 33.6. The molecule has 9 heteroatoms. The van der Waals surface area contributed by atoms with Crippen LogP contribution in [0.4, 0.5) is 0 Å². The van der Waals surface area contributed by atoms with Crippen molar-refractivity contribution in [3.05, 3.63) is 0 Å². The van der Waals surface area contributed by atoms with Gasteiger partial charge in [0.2, 0.25) is 0 Å². The highest BCUT2D eigenvalue weighted by atomic mass is 17.2. The minimum Gasteiger partial charge on any atom is -0.394 e. The van der Waals surface area contributed by atoms with Gasteiger partial charge in [-0.25, -0.2) is 9.78 Å². The molecule has 0 aliphatic heterocycles. The Kier molecular flexibility index (Phi) is 33.3. The lowest BCUT2D eigenvalue weighted by molar-refractivity contribution is -0.295. The minimum absolute atomic E-state index is 0.0426. The van der Waals surface area contributed by atoms with Crippen LogP contribution < -0.4 is 0 Å². The van der Waals surface area contributed by atoms with E-state index in [0.29, 0.717) is 52.9 Å². The number of unbranched alkanes of at least 4 members (excludes halogenated alkanes) is 5. The molecule has 0 atom stereocenters. The maximum Gasteiger partial charge on any atom is 0.0823 e. The molecule has 0 saturated heterocycles. The van der Waals surface area contributed by atoms with Crippen LogP contribution in [0.2, 0.25) is 0 Å². The molecule has 0 aromatic heterocycles. The van der Waals surface area contributed by atoms with Crippen LogP contribution in [0, 0.1) is 0 Å². The van der Waals surface area contributed by atoms with Crippen LogP contribution in [-0.2, 0) is 38.2 Å². The fourth-order valence-electron chi connectivity index (χ4n) is 2.82. The molecular weight excluding hydrogens is 456 g/mol. The summed E-state index contributed by atoms with van der Waals surface area (Å²) in [4.78, 5) is 10.4. The first kappa shape index (κ1) is 34.6. The Hall–Kier alpha value is -0.360. The molecule has 0 heterocycles. The lowest BCUT2D eigenvalue weighted by Gasteiger charge is -2.07. The van der Waals surface area contributed by atoms with Gasteiger partial charge in [0.25, 0.3) is 0 Å². The van der Waals surface area contributed by atoms with Crippen molar-refractivity contribution in [3.63, 3.8) is 0 Å². The van der Waals surface area contributed by atoms with Gasteiger partial charge >= 0.3 is 0 Å². The van der Waals surface area contributed by atoms with Crippen LogP contribution in [0.25, 0.3) is 0 Å². The standard InChI is InChI=1S/C26H54O9/c1-2-3-13-28-14-4-5-15-29-16-6-7-17-30-18-8-10-20-34-35-21-11-9-19-31-23-25-33-26-24-32-22-12-27/h27H,2-26H2,1H3. The Morgan fingerprint density at radius 3 is 1.00 bits per heavy atom. The van der Waals surface area contributed by atoms with Gasteiger partial charge in [-0.1, -0.05) is 13.3 Å². The SMILES string of the molecule is CCCCOCCCCOCCCCOCCCCOOCCCCOCCOCCOCCO. The lowest BCUT2D eigenvalue weighted by atomic mass is 10.3. The van der Waals surface area contributed by atoms with E-state index in [0.717, 1.165) is 97.4 Å². The third kappa shape index (κ3) is 33.6. The van der Waals surface area contributed by atoms with Crippen LogP contribution >= 0.6 is 0 Å². The Labute approximate surface area is 213 Å². The zero-order valence-corrected chi connectivity index (χ0v) is 22.4. The maximum absolute atomic E-state index is 8.56. The van der Waals surface area contributed by atoms with Gasteiger partial charge in [0.1, 0.15) is 0 Å². The minimum atomic E-state index is 0.0426. The molecule has 212 valence electrons. The van der Waals surface area contributed by atoms with Gasteiger partial charge in [0.05, 0.1) is 52.9 Å². The average molecular weight is 511 g/mol. The summed E-state index contributed by atoms with van der Waals surface area (Å²) >= 11 is 0. The van der Waals surface area contributed by atoms with Gasteiger partial charge in [-0.3, -0.25) is 0 Å². The number of aliphatic hydroxyl groups excluding tert-OH is 1. The molecule has 0 unspecified atom stereocenters. The molecule has 0 amide bonds. The van der Waals surface area contributed by atoms with Crippen molar-refractivity contribution >= 4 is 0 Å². The first-order chi connectivity index (χ1) is 17.4. The summed E-state index contributed by atoms with van der Waals surface area (Å²) in [6.07, 6.45) is 10.3.